The summed E-state index contributed by atoms with van der Waals surface area (Å²) < 4.78 is 10.5. The van der Waals surface area contributed by atoms with Gasteiger partial charge in [0, 0.05) is 0 Å². The van der Waals surface area contributed by atoms with Crippen molar-refractivity contribution in [1.29, 1.82) is 0 Å². The Bertz CT molecular complexity index is 357. The van der Waals surface area contributed by atoms with Crippen molar-refractivity contribution in [2.75, 3.05) is 19.8 Å². The van der Waals surface area contributed by atoms with Crippen LogP contribution in [0.15, 0.2) is 24.3 Å². The first-order chi connectivity index (χ1) is 8.45. The lowest BCUT2D eigenvalue weighted by molar-refractivity contribution is -0.0815. The van der Waals surface area contributed by atoms with Gasteiger partial charge in [-0.1, -0.05) is 39.0 Å². The summed E-state index contributed by atoms with van der Waals surface area (Å²) in [6, 6.07) is 7.63. The lowest BCUT2D eigenvalue weighted by atomic mass is 9.86. The van der Waals surface area contributed by atoms with Crippen molar-refractivity contribution < 1.29 is 19.7 Å². The van der Waals surface area contributed by atoms with Crippen molar-refractivity contribution in [2.45, 2.75) is 32.5 Å². The minimum Gasteiger partial charge on any atom is -0.462 e. The molecule has 1 aromatic rings. The Balaban J connectivity index is 2.66. The SMILES string of the molecule is CC(C)(C)c1ccccc1OC(O)COCCO. The molecule has 0 aliphatic carbocycles. The Morgan fingerprint density at radius 1 is 1.22 bits per heavy atom. The number of aliphatic hydroxyl groups is 2. The third-order valence-electron chi connectivity index (χ3n) is 2.45. The van der Waals surface area contributed by atoms with Gasteiger partial charge in [0.2, 0.25) is 6.29 Å². The number of rotatable bonds is 6. The second-order valence-corrected chi connectivity index (χ2v) is 5.12. The molecule has 1 rings (SSSR count). The highest BCUT2D eigenvalue weighted by Gasteiger charge is 2.19. The van der Waals surface area contributed by atoms with Crippen molar-refractivity contribution in [1.82, 2.24) is 0 Å². The van der Waals surface area contributed by atoms with Crippen LogP contribution in [-0.2, 0) is 10.2 Å². The molecule has 0 amide bonds. The number of benzene rings is 1. The van der Waals surface area contributed by atoms with Crippen LogP contribution in [0, 0.1) is 0 Å². The maximum absolute atomic E-state index is 9.69. The van der Waals surface area contributed by atoms with Crippen molar-refractivity contribution in [3.63, 3.8) is 0 Å². The molecular weight excluding hydrogens is 232 g/mol. The van der Waals surface area contributed by atoms with Gasteiger partial charge in [-0.3, -0.25) is 0 Å². The van der Waals surface area contributed by atoms with Gasteiger partial charge in [0.05, 0.1) is 13.2 Å². The summed E-state index contributed by atoms with van der Waals surface area (Å²) in [5, 5.41) is 18.3. The summed E-state index contributed by atoms with van der Waals surface area (Å²) in [5.74, 6) is 0.657. The number of hydrogen-bond acceptors (Lipinski definition) is 4. The number of aliphatic hydroxyl groups excluding tert-OH is 2. The molecule has 0 fully saturated rings. The van der Waals surface area contributed by atoms with Crippen LogP contribution < -0.4 is 4.74 Å². The third-order valence-corrected chi connectivity index (χ3v) is 2.45. The standard InChI is InChI=1S/C14H22O4/c1-14(2,3)11-6-4-5-7-12(11)18-13(16)10-17-9-8-15/h4-7,13,15-16H,8-10H2,1-3H3. The lowest BCUT2D eigenvalue weighted by Crippen LogP contribution is -2.25. The zero-order valence-electron chi connectivity index (χ0n) is 11.2. The molecule has 0 radical (unpaired) electrons. The summed E-state index contributed by atoms with van der Waals surface area (Å²) in [7, 11) is 0. The van der Waals surface area contributed by atoms with Crippen molar-refractivity contribution >= 4 is 0 Å². The van der Waals surface area contributed by atoms with Crippen molar-refractivity contribution in [2.24, 2.45) is 0 Å². The molecule has 0 bridgehead atoms. The van der Waals surface area contributed by atoms with Crippen LogP contribution in [0.1, 0.15) is 26.3 Å². The predicted molar refractivity (Wildman–Crippen MR) is 69.7 cm³/mol. The van der Waals surface area contributed by atoms with Gasteiger partial charge in [-0.2, -0.15) is 0 Å². The molecule has 0 spiro atoms. The first-order valence-electron chi connectivity index (χ1n) is 6.08. The monoisotopic (exact) mass is 254 g/mol. The quantitative estimate of drug-likeness (QED) is 0.599. The van der Waals surface area contributed by atoms with E-state index in [9.17, 15) is 5.11 Å². The molecule has 0 saturated carbocycles. The van der Waals surface area contributed by atoms with Crippen LogP contribution in [0.4, 0.5) is 0 Å². The molecule has 1 aromatic carbocycles. The maximum Gasteiger partial charge on any atom is 0.221 e. The van der Waals surface area contributed by atoms with Crippen LogP contribution in [-0.4, -0.2) is 36.3 Å². The van der Waals surface area contributed by atoms with Gasteiger partial charge in [-0.15, -0.1) is 0 Å². The average molecular weight is 254 g/mol. The highest BCUT2D eigenvalue weighted by molar-refractivity contribution is 5.38. The minimum atomic E-state index is -1.03. The molecule has 0 saturated heterocycles. The molecule has 0 aromatic heterocycles. The zero-order valence-corrected chi connectivity index (χ0v) is 11.2. The van der Waals surface area contributed by atoms with Gasteiger partial charge in [0.15, 0.2) is 0 Å². The van der Waals surface area contributed by atoms with Gasteiger partial charge >= 0.3 is 0 Å². The Hall–Kier alpha value is -1.10. The highest BCUT2D eigenvalue weighted by atomic mass is 16.6. The molecular formula is C14H22O4. The number of para-hydroxylation sites is 1. The zero-order chi connectivity index (χ0) is 13.6. The van der Waals surface area contributed by atoms with E-state index in [1.165, 1.54) is 0 Å². The van der Waals surface area contributed by atoms with E-state index in [1.807, 2.05) is 24.3 Å². The van der Waals surface area contributed by atoms with Crippen LogP contribution in [0.25, 0.3) is 0 Å². The largest absolute Gasteiger partial charge is 0.462 e. The normalized spacial score (nSPS) is 13.4. The van der Waals surface area contributed by atoms with E-state index < -0.39 is 6.29 Å². The predicted octanol–water partition coefficient (Wildman–Crippen LogP) is 1.69. The Kier molecular flexibility index (Phi) is 5.59. The smallest absolute Gasteiger partial charge is 0.221 e. The van der Waals surface area contributed by atoms with Gasteiger partial charge in [0.25, 0.3) is 0 Å². The molecule has 0 aliphatic rings. The Morgan fingerprint density at radius 2 is 1.89 bits per heavy atom. The summed E-state index contributed by atoms with van der Waals surface area (Å²) >= 11 is 0. The molecule has 1 unspecified atom stereocenters. The lowest BCUT2D eigenvalue weighted by Gasteiger charge is -2.24. The van der Waals surface area contributed by atoms with Crippen molar-refractivity contribution in [3.05, 3.63) is 29.8 Å². The average Bonchev–Trinajstić information content (AvgIpc) is 2.28. The fourth-order valence-electron chi connectivity index (χ4n) is 1.62. The van der Waals surface area contributed by atoms with Gasteiger partial charge < -0.3 is 19.7 Å². The molecule has 102 valence electrons. The number of ether oxygens (including phenoxy) is 2. The second kappa shape index (κ2) is 6.73. The summed E-state index contributed by atoms with van der Waals surface area (Å²) in [6.45, 7) is 6.43. The van der Waals surface area contributed by atoms with Crippen LogP contribution in [0.3, 0.4) is 0 Å². The summed E-state index contributed by atoms with van der Waals surface area (Å²) in [5.41, 5.74) is 0.980. The van der Waals surface area contributed by atoms with E-state index in [1.54, 1.807) is 0 Å². The van der Waals surface area contributed by atoms with E-state index in [4.69, 9.17) is 14.6 Å². The van der Waals surface area contributed by atoms with E-state index in [2.05, 4.69) is 20.8 Å². The fourth-order valence-corrected chi connectivity index (χ4v) is 1.62. The van der Waals surface area contributed by atoms with Gasteiger partial charge in [-0.25, -0.2) is 0 Å². The van der Waals surface area contributed by atoms with E-state index >= 15 is 0 Å². The molecule has 2 N–H and O–H groups in total. The van der Waals surface area contributed by atoms with Crippen molar-refractivity contribution in [3.8, 4) is 5.75 Å². The molecule has 4 heteroatoms. The topological polar surface area (TPSA) is 58.9 Å². The maximum atomic E-state index is 9.69. The fraction of sp³-hybridized carbons (Fsp3) is 0.571. The summed E-state index contributed by atoms with van der Waals surface area (Å²) in [4.78, 5) is 0. The summed E-state index contributed by atoms with van der Waals surface area (Å²) in [6.07, 6.45) is -1.03. The van der Waals surface area contributed by atoms with E-state index in [0.717, 1.165) is 5.56 Å². The molecule has 0 aliphatic heterocycles. The minimum absolute atomic E-state index is 0.0407. The van der Waals surface area contributed by atoms with Gasteiger partial charge in [-0.05, 0) is 17.0 Å². The molecule has 1 atom stereocenters. The van der Waals surface area contributed by atoms with E-state index in [-0.39, 0.29) is 25.2 Å². The van der Waals surface area contributed by atoms with Crippen LogP contribution in [0.5, 0.6) is 5.75 Å². The van der Waals surface area contributed by atoms with Gasteiger partial charge in [0.1, 0.15) is 12.4 Å². The number of hydrogen-bond donors (Lipinski definition) is 2. The highest BCUT2D eigenvalue weighted by Crippen LogP contribution is 2.31. The van der Waals surface area contributed by atoms with Crippen LogP contribution >= 0.6 is 0 Å². The molecule has 4 nitrogen and oxygen atoms in total. The van der Waals surface area contributed by atoms with Crippen LogP contribution in [0.2, 0.25) is 0 Å². The molecule has 18 heavy (non-hydrogen) atoms. The first kappa shape index (κ1) is 15.0. The van der Waals surface area contributed by atoms with E-state index in [0.29, 0.717) is 5.75 Å². The third kappa shape index (κ3) is 4.64. The molecule has 0 heterocycles. The Morgan fingerprint density at radius 3 is 2.50 bits per heavy atom. The second-order valence-electron chi connectivity index (χ2n) is 5.12. The Labute approximate surface area is 108 Å². The first-order valence-corrected chi connectivity index (χ1v) is 6.08.